The van der Waals surface area contributed by atoms with Crippen molar-refractivity contribution < 1.29 is 18.6 Å². The number of ether oxygens (including phenoxy) is 3. The molecule has 0 saturated carbocycles. The van der Waals surface area contributed by atoms with E-state index in [0.717, 1.165) is 0 Å². The van der Waals surface area contributed by atoms with Gasteiger partial charge < -0.3 is 14.2 Å². The van der Waals surface area contributed by atoms with E-state index in [1.165, 1.54) is 13.2 Å². The molecule has 110 valence electrons. The molecule has 0 spiro atoms. The van der Waals surface area contributed by atoms with Crippen molar-refractivity contribution in [3.05, 3.63) is 53.3 Å². The topological polar surface area (TPSA) is 51.5 Å². The van der Waals surface area contributed by atoms with E-state index in [-0.39, 0.29) is 17.9 Å². The zero-order valence-corrected chi connectivity index (χ0v) is 11.8. The molecule has 2 aromatic carbocycles. The van der Waals surface area contributed by atoms with Crippen molar-refractivity contribution in [2.24, 2.45) is 0 Å². The number of nitrogens with zero attached hydrogens (tertiary/aromatic N) is 1. The number of rotatable bonds is 3. The van der Waals surface area contributed by atoms with Crippen LogP contribution in [0.4, 0.5) is 4.39 Å². The molecule has 0 aliphatic carbocycles. The maximum Gasteiger partial charge on any atom is 0.231 e. The Balaban J connectivity index is 2.08. The predicted molar refractivity (Wildman–Crippen MR) is 79.0 cm³/mol. The summed E-state index contributed by atoms with van der Waals surface area (Å²) in [5.74, 6) is 1.13. The lowest BCUT2D eigenvalue weighted by Gasteiger charge is -2.07. The van der Waals surface area contributed by atoms with Gasteiger partial charge in [0.1, 0.15) is 5.82 Å². The van der Waals surface area contributed by atoms with Gasteiger partial charge in [-0.15, -0.1) is 0 Å². The lowest BCUT2D eigenvalue weighted by Crippen LogP contribution is -1.93. The van der Waals surface area contributed by atoms with E-state index in [9.17, 15) is 9.65 Å². The molecule has 0 bridgehead atoms. The largest absolute Gasteiger partial charge is 0.493 e. The highest BCUT2D eigenvalue weighted by Crippen LogP contribution is 2.42. The Kier molecular flexibility index (Phi) is 3.67. The van der Waals surface area contributed by atoms with E-state index in [4.69, 9.17) is 14.2 Å². The summed E-state index contributed by atoms with van der Waals surface area (Å²) in [6.07, 6.45) is 1.59. The zero-order valence-electron chi connectivity index (χ0n) is 11.8. The molecule has 4 nitrogen and oxygen atoms in total. The molecule has 1 aliphatic rings. The second-order valence-electron chi connectivity index (χ2n) is 4.61. The van der Waals surface area contributed by atoms with Gasteiger partial charge >= 0.3 is 0 Å². The number of halogens is 1. The molecule has 0 radical (unpaired) electrons. The van der Waals surface area contributed by atoms with Gasteiger partial charge in [-0.1, -0.05) is 18.2 Å². The van der Waals surface area contributed by atoms with Crippen LogP contribution in [0.2, 0.25) is 0 Å². The molecule has 0 unspecified atom stereocenters. The average Bonchev–Trinajstić information content (AvgIpc) is 3.01. The predicted octanol–water partition coefficient (Wildman–Crippen LogP) is 3.63. The maximum atomic E-state index is 13.8. The van der Waals surface area contributed by atoms with E-state index < -0.39 is 5.82 Å². The van der Waals surface area contributed by atoms with Crippen LogP contribution in [-0.4, -0.2) is 13.9 Å². The zero-order chi connectivity index (χ0) is 15.5. The summed E-state index contributed by atoms with van der Waals surface area (Å²) in [7, 11) is 1.52. The monoisotopic (exact) mass is 297 g/mol. The summed E-state index contributed by atoms with van der Waals surface area (Å²) in [5.41, 5.74) is 1.14. The van der Waals surface area contributed by atoms with Crippen molar-refractivity contribution in [2.45, 2.75) is 0 Å². The first-order valence-corrected chi connectivity index (χ1v) is 6.57. The number of hydrogen-bond donors (Lipinski definition) is 0. The Morgan fingerprint density at radius 2 is 2.14 bits per heavy atom. The van der Waals surface area contributed by atoms with Gasteiger partial charge in [0.25, 0.3) is 0 Å². The molecule has 3 rings (SSSR count). The molecule has 1 aliphatic heterocycles. The fraction of sp³-hybridized carbons (Fsp3) is 0.118. The molecule has 5 heteroatoms. The number of hydrogen-bond acceptors (Lipinski definition) is 4. The van der Waals surface area contributed by atoms with Gasteiger partial charge in [-0.3, -0.25) is 0 Å². The van der Waals surface area contributed by atoms with Crippen LogP contribution in [0.15, 0.2) is 36.4 Å². The molecule has 1 heterocycles. The van der Waals surface area contributed by atoms with Gasteiger partial charge in [-0.25, -0.2) is 4.39 Å². The SMILES string of the molecule is COc1cc(/C=C(/C#N)c2ccccc2F)cc2c1OCO2. The molecule has 0 fully saturated rings. The average molecular weight is 297 g/mol. The number of fused-ring (bicyclic) bond motifs is 1. The fourth-order valence-corrected chi connectivity index (χ4v) is 2.25. The Hall–Kier alpha value is -3.00. The van der Waals surface area contributed by atoms with E-state index in [1.807, 2.05) is 6.07 Å². The highest BCUT2D eigenvalue weighted by Gasteiger charge is 2.20. The molecule has 0 aromatic heterocycles. The van der Waals surface area contributed by atoms with Gasteiger partial charge in [-0.05, 0) is 29.8 Å². The summed E-state index contributed by atoms with van der Waals surface area (Å²) in [6, 6.07) is 11.6. The van der Waals surface area contributed by atoms with Crippen molar-refractivity contribution in [1.82, 2.24) is 0 Å². The quantitative estimate of drug-likeness (QED) is 0.641. The molecule has 0 saturated heterocycles. The Morgan fingerprint density at radius 1 is 1.32 bits per heavy atom. The third-order valence-corrected chi connectivity index (χ3v) is 3.28. The van der Waals surface area contributed by atoms with Gasteiger partial charge in [0.2, 0.25) is 12.5 Å². The maximum absolute atomic E-state index is 13.8. The van der Waals surface area contributed by atoms with Crippen LogP contribution in [0, 0.1) is 17.1 Å². The molecule has 0 atom stereocenters. The van der Waals surface area contributed by atoms with Crippen molar-refractivity contribution >= 4 is 11.6 Å². The van der Waals surface area contributed by atoms with Crippen molar-refractivity contribution in [3.63, 3.8) is 0 Å². The van der Waals surface area contributed by atoms with Crippen molar-refractivity contribution in [1.29, 1.82) is 5.26 Å². The molecular formula is C17H12FNO3. The van der Waals surface area contributed by atoms with Gasteiger partial charge in [0.05, 0.1) is 18.8 Å². The summed E-state index contributed by atoms with van der Waals surface area (Å²) in [6.45, 7) is 0.122. The minimum Gasteiger partial charge on any atom is -0.493 e. The van der Waals surface area contributed by atoms with Crippen LogP contribution in [-0.2, 0) is 0 Å². The Bertz CT molecular complexity index is 793. The van der Waals surface area contributed by atoms with Gasteiger partial charge in [-0.2, -0.15) is 5.26 Å². The van der Waals surface area contributed by atoms with Crippen LogP contribution in [0.1, 0.15) is 11.1 Å². The second-order valence-corrected chi connectivity index (χ2v) is 4.61. The highest BCUT2D eigenvalue weighted by molar-refractivity contribution is 5.90. The van der Waals surface area contributed by atoms with Crippen LogP contribution < -0.4 is 14.2 Å². The second kappa shape index (κ2) is 5.78. The standard InChI is InChI=1S/C17H12FNO3/c1-20-15-7-11(8-16-17(15)22-10-21-16)6-12(9-19)13-4-2-3-5-14(13)18/h2-8H,10H2,1H3/b12-6-. The normalized spacial score (nSPS) is 12.9. The van der Waals surface area contributed by atoms with E-state index in [1.54, 1.807) is 36.4 Å². The number of nitriles is 1. The Morgan fingerprint density at radius 3 is 2.86 bits per heavy atom. The number of allylic oxidation sites excluding steroid dienone is 1. The molecule has 0 N–H and O–H groups in total. The van der Waals surface area contributed by atoms with E-state index in [0.29, 0.717) is 22.8 Å². The third kappa shape index (κ3) is 2.47. The molecular weight excluding hydrogens is 285 g/mol. The number of methoxy groups -OCH3 is 1. The summed E-state index contributed by atoms with van der Waals surface area (Å²) in [4.78, 5) is 0. The summed E-state index contributed by atoms with van der Waals surface area (Å²) in [5, 5.41) is 9.31. The summed E-state index contributed by atoms with van der Waals surface area (Å²) < 4.78 is 29.7. The fourth-order valence-electron chi connectivity index (χ4n) is 2.25. The van der Waals surface area contributed by atoms with Crippen molar-refractivity contribution in [2.75, 3.05) is 13.9 Å². The van der Waals surface area contributed by atoms with Crippen LogP contribution >= 0.6 is 0 Å². The highest BCUT2D eigenvalue weighted by atomic mass is 19.1. The van der Waals surface area contributed by atoms with Crippen molar-refractivity contribution in [3.8, 4) is 23.3 Å². The van der Waals surface area contributed by atoms with Gasteiger partial charge in [0.15, 0.2) is 11.5 Å². The smallest absolute Gasteiger partial charge is 0.231 e. The first-order valence-electron chi connectivity index (χ1n) is 6.57. The lowest BCUT2D eigenvalue weighted by atomic mass is 10.0. The minimum atomic E-state index is -0.442. The molecule has 22 heavy (non-hydrogen) atoms. The van der Waals surface area contributed by atoms with Crippen LogP contribution in [0.25, 0.3) is 11.6 Å². The first kappa shape index (κ1) is 14.0. The Labute approximate surface area is 127 Å². The minimum absolute atomic E-state index is 0.122. The van der Waals surface area contributed by atoms with Crippen LogP contribution in [0.3, 0.4) is 0 Å². The molecule has 2 aromatic rings. The number of benzene rings is 2. The first-order chi connectivity index (χ1) is 10.7. The van der Waals surface area contributed by atoms with Crippen LogP contribution in [0.5, 0.6) is 17.2 Å². The van der Waals surface area contributed by atoms with E-state index >= 15 is 0 Å². The lowest BCUT2D eigenvalue weighted by molar-refractivity contribution is 0.171. The van der Waals surface area contributed by atoms with E-state index in [2.05, 4.69) is 0 Å². The third-order valence-electron chi connectivity index (χ3n) is 3.28. The molecule has 0 amide bonds. The summed E-state index contributed by atoms with van der Waals surface area (Å²) >= 11 is 0. The van der Waals surface area contributed by atoms with Gasteiger partial charge in [0, 0.05) is 5.56 Å².